The highest BCUT2D eigenvalue weighted by atomic mass is 80.0. The van der Waals surface area contributed by atoms with Crippen LogP contribution in [0.4, 0.5) is 0 Å². The van der Waals surface area contributed by atoms with E-state index in [1.165, 1.54) is 6.42 Å². The molecule has 32 heavy (non-hydrogen) atoms. The monoisotopic (exact) mass is 1090 g/mol. The van der Waals surface area contributed by atoms with Gasteiger partial charge in [0.2, 0.25) is 0 Å². The third kappa shape index (κ3) is 6.83. The van der Waals surface area contributed by atoms with Gasteiger partial charge in [-0.3, -0.25) is 0 Å². The summed E-state index contributed by atoms with van der Waals surface area (Å²) in [6.45, 7) is 0.756. The van der Waals surface area contributed by atoms with E-state index >= 15 is 0 Å². The van der Waals surface area contributed by atoms with Crippen LogP contribution in [-0.4, -0.2) is 29.6 Å². The van der Waals surface area contributed by atoms with E-state index in [-0.39, 0.29) is 11.7 Å². The lowest BCUT2D eigenvalue weighted by molar-refractivity contribution is -0.243. The molecule has 2 fully saturated rings. The van der Waals surface area contributed by atoms with E-state index in [4.69, 9.17) is 14.2 Å². The van der Waals surface area contributed by atoms with Gasteiger partial charge in [0.1, 0.15) is 5.60 Å². The third-order valence-corrected chi connectivity index (χ3v) is 11.0. The van der Waals surface area contributed by atoms with Crippen molar-refractivity contribution in [3.05, 3.63) is 24.3 Å². The Morgan fingerprint density at radius 1 is 0.812 bits per heavy atom. The van der Waals surface area contributed by atoms with Crippen molar-refractivity contribution in [3.63, 3.8) is 0 Å². The maximum Gasteiger partial charge on any atom is 0.199 e. The van der Waals surface area contributed by atoms with Gasteiger partial charge in [-0.2, -0.15) is 0 Å². The number of rotatable bonds is 3. The molecule has 4 rings (SSSR count). The van der Waals surface area contributed by atoms with Crippen LogP contribution in [0.1, 0.15) is 38.5 Å². The smallest absolute Gasteiger partial charge is 0.199 e. The Morgan fingerprint density at radius 2 is 1.41 bits per heavy atom. The van der Waals surface area contributed by atoms with Crippen LogP contribution < -0.4 is 0 Å². The molecule has 3 unspecified atom stereocenters. The Kier molecular flexibility index (Phi) is 10.9. The van der Waals surface area contributed by atoms with Gasteiger partial charge in [-0.05, 0) is 120 Å². The van der Waals surface area contributed by atoms with Crippen LogP contribution in [0, 0.1) is 11.3 Å². The van der Waals surface area contributed by atoms with Gasteiger partial charge in [-0.25, -0.2) is 0 Å². The van der Waals surface area contributed by atoms with E-state index in [0.29, 0.717) is 5.92 Å². The number of halogens is 10. The van der Waals surface area contributed by atoms with E-state index < -0.39 is 16.7 Å². The van der Waals surface area contributed by atoms with Crippen LogP contribution in [-0.2, 0) is 14.2 Å². The van der Waals surface area contributed by atoms with Crippen LogP contribution in [0.2, 0.25) is 0 Å². The molecule has 0 aromatic carbocycles. The van der Waals surface area contributed by atoms with Crippen LogP contribution in [0.5, 0.6) is 0 Å². The lowest BCUT2D eigenvalue weighted by atomic mass is 9.73. The lowest BCUT2D eigenvalue weighted by Crippen LogP contribution is -2.65. The summed E-state index contributed by atoms with van der Waals surface area (Å²) < 4.78 is 15.6. The summed E-state index contributed by atoms with van der Waals surface area (Å²) in [5.74, 6) is 0.634. The summed E-state index contributed by atoms with van der Waals surface area (Å²) in [7, 11) is 0. The van der Waals surface area contributed by atoms with Gasteiger partial charge in [-0.1, -0.05) is 108 Å². The molecule has 0 radical (unpaired) electrons. The zero-order chi connectivity index (χ0) is 24.1. The first-order valence-electron chi connectivity index (χ1n) is 9.81. The minimum absolute atomic E-state index is 0.120. The molecule has 2 bridgehead atoms. The topological polar surface area (TPSA) is 27.7 Å². The largest absolute Gasteiger partial charge is 0.353 e. The van der Waals surface area contributed by atoms with Gasteiger partial charge in [-0.15, -0.1) is 0 Å². The van der Waals surface area contributed by atoms with Crippen molar-refractivity contribution in [2.45, 2.75) is 61.5 Å². The second-order valence-electron chi connectivity index (χ2n) is 8.17. The summed E-state index contributed by atoms with van der Waals surface area (Å²) in [5, 5.41) is 0. The zero-order valence-corrected chi connectivity index (χ0v) is 32.3. The first kappa shape index (κ1) is 30.7. The second kappa shape index (κ2) is 11.3. The Labute approximate surface area is 273 Å². The normalized spacial score (nSPS) is 33.3. The van der Waals surface area contributed by atoms with Gasteiger partial charge in [0.05, 0.1) is 0 Å². The molecule has 1 saturated heterocycles. The standard InChI is InChI=1S/C15H18Br6O2.C4H2Br4O/c16-14(17,18)13(15(19,20)21,23-11-3-1-2-8-22-11)12-6-4-10(9-12)5-7-12;5-3(6)1-2-4(7,8)9-3/h4,6,10-11H,1-3,5,7-9H2;1-2H. The summed E-state index contributed by atoms with van der Waals surface area (Å²) in [6.07, 6.45) is 14.6. The van der Waals surface area contributed by atoms with Crippen molar-refractivity contribution in [2.75, 3.05) is 6.61 Å². The first-order chi connectivity index (χ1) is 14.5. The number of fused-ring (bicyclic) bond motifs is 2. The van der Waals surface area contributed by atoms with Gasteiger partial charge in [0.15, 0.2) is 17.4 Å². The Hall–Kier alpha value is 4.16. The molecule has 184 valence electrons. The van der Waals surface area contributed by atoms with Crippen molar-refractivity contribution >= 4 is 159 Å². The zero-order valence-electron chi connectivity index (χ0n) is 16.4. The molecule has 2 aliphatic heterocycles. The second-order valence-corrected chi connectivity index (χ2v) is 28.5. The Morgan fingerprint density at radius 3 is 1.72 bits per heavy atom. The third-order valence-electron chi connectivity index (χ3n) is 5.96. The summed E-state index contributed by atoms with van der Waals surface area (Å²) in [6, 6.07) is 0. The minimum atomic E-state index is -0.712. The molecule has 0 aromatic heterocycles. The molecular weight excluding hydrogens is 1080 g/mol. The number of alkyl halides is 10. The number of ether oxygens (including phenoxy) is 3. The van der Waals surface area contributed by atoms with Crippen molar-refractivity contribution in [3.8, 4) is 0 Å². The Balaban J connectivity index is 0.000000269. The minimum Gasteiger partial charge on any atom is -0.353 e. The molecule has 0 spiro atoms. The average Bonchev–Trinajstić information content (AvgIpc) is 3.32. The quantitative estimate of drug-likeness (QED) is 0.208. The van der Waals surface area contributed by atoms with E-state index in [1.54, 1.807) is 0 Å². The maximum atomic E-state index is 6.76. The van der Waals surface area contributed by atoms with E-state index in [1.807, 2.05) is 12.2 Å². The lowest BCUT2D eigenvalue weighted by Gasteiger charge is -2.56. The fraction of sp³-hybridized carbons (Fsp3) is 0.789. The van der Waals surface area contributed by atoms with Crippen LogP contribution in [0.3, 0.4) is 0 Å². The van der Waals surface area contributed by atoms with Crippen molar-refractivity contribution in [1.82, 2.24) is 0 Å². The summed E-state index contributed by atoms with van der Waals surface area (Å²) in [5.41, 5.74) is -0.831. The fourth-order valence-electron chi connectivity index (χ4n) is 4.61. The summed E-state index contributed by atoms with van der Waals surface area (Å²) >= 11 is 35.9. The van der Waals surface area contributed by atoms with E-state index in [9.17, 15) is 0 Å². The molecule has 3 atom stereocenters. The predicted molar refractivity (Wildman–Crippen MR) is 167 cm³/mol. The van der Waals surface area contributed by atoms with Gasteiger partial charge in [0, 0.05) is 12.0 Å². The molecular formula is C19H20Br10O3. The fourth-order valence-corrected chi connectivity index (χ4v) is 14.1. The average molecular weight is 1100 g/mol. The number of allylic oxidation sites excluding steroid dienone is 1. The molecule has 0 N–H and O–H groups in total. The molecule has 2 heterocycles. The SMILES string of the molecule is BrC(Br)(Br)C(OC1CCCCO1)(C(Br)(Br)Br)C12C=CC(CC1)C2.BrC1(Br)C=CC(Br)(Br)O1. The van der Waals surface area contributed by atoms with Crippen LogP contribution >= 0.6 is 159 Å². The highest BCUT2D eigenvalue weighted by Gasteiger charge is 2.72. The van der Waals surface area contributed by atoms with Crippen LogP contribution in [0.25, 0.3) is 0 Å². The number of hydrogen-bond donors (Lipinski definition) is 0. The molecule has 4 aliphatic rings. The van der Waals surface area contributed by atoms with E-state index in [0.717, 1.165) is 38.7 Å². The van der Waals surface area contributed by atoms with E-state index in [2.05, 4.69) is 171 Å². The molecule has 1 saturated carbocycles. The highest BCUT2D eigenvalue weighted by Crippen LogP contribution is 2.72. The molecule has 13 heteroatoms. The maximum absolute atomic E-state index is 6.76. The van der Waals surface area contributed by atoms with Gasteiger partial charge < -0.3 is 14.2 Å². The highest BCUT2D eigenvalue weighted by molar-refractivity contribution is 9.41. The molecule has 3 nitrogen and oxygen atoms in total. The molecule has 2 aliphatic carbocycles. The predicted octanol–water partition coefficient (Wildman–Crippen LogP) is 10.8. The molecule has 0 amide bonds. The Bertz CT molecular complexity index is 707. The summed E-state index contributed by atoms with van der Waals surface area (Å²) in [4.78, 5) is 0. The first-order valence-corrected chi connectivity index (χ1v) is 17.7. The van der Waals surface area contributed by atoms with Crippen molar-refractivity contribution in [2.24, 2.45) is 11.3 Å². The van der Waals surface area contributed by atoms with Crippen molar-refractivity contribution in [1.29, 1.82) is 0 Å². The molecule has 0 aromatic rings. The number of hydrogen-bond acceptors (Lipinski definition) is 3. The van der Waals surface area contributed by atoms with Crippen LogP contribution in [0.15, 0.2) is 24.3 Å². The van der Waals surface area contributed by atoms with Gasteiger partial charge >= 0.3 is 0 Å². The van der Waals surface area contributed by atoms with Crippen molar-refractivity contribution < 1.29 is 14.2 Å². The van der Waals surface area contributed by atoms with Gasteiger partial charge in [0.25, 0.3) is 0 Å².